The Morgan fingerprint density at radius 2 is 2.03 bits per heavy atom. The second-order valence-electron chi connectivity index (χ2n) is 8.57. The molecule has 156 valence electrons. The van der Waals surface area contributed by atoms with Gasteiger partial charge in [0.25, 0.3) is 0 Å². The molecule has 30 heavy (non-hydrogen) atoms. The number of aliphatic hydroxyl groups excluding tert-OH is 1. The van der Waals surface area contributed by atoms with Gasteiger partial charge in [0.15, 0.2) is 17.0 Å². The van der Waals surface area contributed by atoms with Crippen LogP contribution in [0.25, 0.3) is 21.3 Å². The van der Waals surface area contributed by atoms with Crippen LogP contribution >= 0.6 is 11.3 Å². The molecule has 1 fully saturated rings. The molecule has 0 amide bonds. The maximum atomic E-state index is 13.0. The van der Waals surface area contributed by atoms with Crippen molar-refractivity contribution >= 4 is 28.0 Å². The first-order valence-corrected chi connectivity index (χ1v) is 11.3. The average Bonchev–Trinajstić information content (AvgIpc) is 3.48. The first kappa shape index (κ1) is 19.5. The molecule has 0 saturated heterocycles. The maximum absolute atomic E-state index is 13.0. The van der Waals surface area contributed by atoms with E-state index < -0.39 is 6.10 Å². The predicted molar refractivity (Wildman–Crippen MR) is 119 cm³/mol. The van der Waals surface area contributed by atoms with Gasteiger partial charge in [-0.15, -0.1) is 11.3 Å². The van der Waals surface area contributed by atoms with Crippen molar-refractivity contribution in [2.45, 2.75) is 51.7 Å². The fourth-order valence-electron chi connectivity index (χ4n) is 4.53. The number of rotatable bonds is 4. The molecule has 1 saturated carbocycles. The summed E-state index contributed by atoms with van der Waals surface area (Å²) >= 11 is 1.61. The van der Waals surface area contributed by atoms with E-state index in [1.165, 1.54) is 12.5 Å². The number of aliphatic hydroxyl groups is 1. The van der Waals surface area contributed by atoms with Crippen LogP contribution in [0.3, 0.4) is 0 Å². The molecule has 0 bridgehead atoms. The summed E-state index contributed by atoms with van der Waals surface area (Å²) in [5.41, 5.74) is 2.87. The van der Waals surface area contributed by atoms with Crippen LogP contribution in [-0.2, 0) is 6.42 Å². The third-order valence-electron chi connectivity index (χ3n) is 6.45. The number of hydrogen-bond acceptors (Lipinski definition) is 5. The minimum Gasteiger partial charge on any atom is -0.494 e. The lowest BCUT2D eigenvalue weighted by atomic mass is 9.88. The summed E-state index contributed by atoms with van der Waals surface area (Å²) < 4.78 is 7.92. The number of ether oxygens (including phenoxy) is 1. The molecule has 0 unspecified atom stereocenters. The predicted octanol–water partition coefficient (Wildman–Crippen LogP) is 4.89. The number of carbonyl (C=O) groups excluding carboxylic acids is 1. The van der Waals surface area contributed by atoms with Gasteiger partial charge in [0.05, 0.1) is 29.7 Å². The molecule has 0 spiro atoms. The number of ketones is 1. The number of methoxy groups -OCH3 is 1. The summed E-state index contributed by atoms with van der Waals surface area (Å²) in [4.78, 5) is 27.1. The number of thiophene rings is 1. The highest BCUT2D eigenvalue weighted by Gasteiger charge is 2.30. The third-order valence-corrected chi connectivity index (χ3v) is 7.74. The molecule has 0 aliphatic heterocycles. The SMILES string of the molecule is COc1c(-c2cc3c(s2)[C@@H](O)[C@@H](C)CC3)ccc2c(=O)c(C(C)=O)cn(C3CC3)c12. The van der Waals surface area contributed by atoms with Crippen molar-refractivity contribution in [2.75, 3.05) is 7.11 Å². The van der Waals surface area contributed by atoms with E-state index in [-0.39, 0.29) is 28.7 Å². The number of aromatic nitrogens is 1. The standard InChI is InChI=1S/C24H25NO4S/c1-12-4-5-14-10-19(30-24(14)21(12)27)16-8-9-17-20(23(16)29-3)25(15-6-7-15)11-18(13(2)26)22(17)28/h8-12,15,21,27H,4-7H2,1-3H3/t12-,21-/m0/s1. The summed E-state index contributed by atoms with van der Waals surface area (Å²) in [6.45, 7) is 3.53. The highest BCUT2D eigenvalue weighted by molar-refractivity contribution is 7.15. The average molecular weight is 424 g/mol. The van der Waals surface area contributed by atoms with Gasteiger partial charge in [-0.3, -0.25) is 9.59 Å². The van der Waals surface area contributed by atoms with Gasteiger partial charge in [-0.25, -0.2) is 0 Å². The molecule has 3 aromatic rings. The Hall–Kier alpha value is -2.44. The monoisotopic (exact) mass is 423 g/mol. The van der Waals surface area contributed by atoms with Gasteiger partial charge in [-0.1, -0.05) is 6.92 Å². The number of benzene rings is 1. The molecule has 6 heteroatoms. The second kappa shape index (κ2) is 7.06. The van der Waals surface area contributed by atoms with Crippen LogP contribution in [0.4, 0.5) is 0 Å². The van der Waals surface area contributed by atoms with Crippen molar-refractivity contribution in [1.82, 2.24) is 4.57 Å². The Labute approximate surface area is 178 Å². The zero-order valence-electron chi connectivity index (χ0n) is 17.4. The van der Waals surface area contributed by atoms with Gasteiger partial charge >= 0.3 is 0 Å². The van der Waals surface area contributed by atoms with Gasteiger partial charge in [-0.2, -0.15) is 0 Å². The first-order valence-electron chi connectivity index (χ1n) is 10.5. The molecule has 1 aromatic carbocycles. The fraction of sp³-hybridized carbons (Fsp3) is 0.417. The maximum Gasteiger partial charge on any atom is 0.200 e. The lowest BCUT2D eigenvalue weighted by Gasteiger charge is -2.24. The molecule has 2 aliphatic carbocycles. The first-order chi connectivity index (χ1) is 14.4. The summed E-state index contributed by atoms with van der Waals surface area (Å²) in [7, 11) is 1.63. The number of hydrogen-bond donors (Lipinski definition) is 1. The zero-order valence-corrected chi connectivity index (χ0v) is 18.2. The van der Waals surface area contributed by atoms with Crippen molar-refractivity contribution in [3.05, 3.63) is 50.6 Å². The second-order valence-corrected chi connectivity index (χ2v) is 9.65. The number of pyridine rings is 1. The van der Waals surface area contributed by atoms with Crippen LogP contribution in [0.5, 0.6) is 5.75 Å². The Morgan fingerprint density at radius 1 is 1.27 bits per heavy atom. The Bertz CT molecular complexity index is 1230. The third kappa shape index (κ3) is 2.93. The van der Waals surface area contributed by atoms with Crippen LogP contribution < -0.4 is 10.2 Å². The molecule has 1 N–H and O–H groups in total. The van der Waals surface area contributed by atoms with E-state index in [0.29, 0.717) is 11.1 Å². The largest absolute Gasteiger partial charge is 0.494 e. The van der Waals surface area contributed by atoms with Crippen molar-refractivity contribution in [1.29, 1.82) is 0 Å². The minimum absolute atomic E-state index is 0.214. The highest BCUT2D eigenvalue weighted by atomic mass is 32.1. The highest BCUT2D eigenvalue weighted by Crippen LogP contribution is 2.47. The van der Waals surface area contributed by atoms with Gasteiger partial charge < -0.3 is 14.4 Å². The quantitative estimate of drug-likeness (QED) is 0.607. The van der Waals surface area contributed by atoms with E-state index in [1.54, 1.807) is 24.6 Å². The van der Waals surface area contributed by atoms with Crippen molar-refractivity contribution in [3.63, 3.8) is 0 Å². The van der Waals surface area contributed by atoms with Crippen molar-refractivity contribution < 1.29 is 14.6 Å². The zero-order chi connectivity index (χ0) is 21.2. The van der Waals surface area contributed by atoms with Crippen LogP contribution in [0.15, 0.2) is 29.2 Å². The topological polar surface area (TPSA) is 68.5 Å². The smallest absolute Gasteiger partial charge is 0.200 e. The van der Waals surface area contributed by atoms with E-state index in [4.69, 9.17) is 4.74 Å². The molecule has 2 aromatic heterocycles. The van der Waals surface area contributed by atoms with Crippen LogP contribution in [0.1, 0.15) is 66.1 Å². The fourth-order valence-corrected chi connectivity index (χ4v) is 5.88. The Kier molecular flexibility index (Phi) is 4.60. The summed E-state index contributed by atoms with van der Waals surface area (Å²) in [6.07, 6.45) is 5.28. The molecule has 5 nitrogen and oxygen atoms in total. The normalized spacial score (nSPS) is 20.9. The molecule has 0 radical (unpaired) electrons. The van der Waals surface area contributed by atoms with E-state index in [1.807, 2.05) is 12.1 Å². The van der Waals surface area contributed by atoms with Crippen molar-refractivity contribution in [2.24, 2.45) is 5.92 Å². The minimum atomic E-state index is -0.429. The van der Waals surface area contributed by atoms with E-state index in [2.05, 4.69) is 17.6 Å². The van der Waals surface area contributed by atoms with Crippen LogP contribution in [-0.4, -0.2) is 22.6 Å². The van der Waals surface area contributed by atoms with E-state index in [9.17, 15) is 14.7 Å². The number of fused-ring (bicyclic) bond motifs is 2. The summed E-state index contributed by atoms with van der Waals surface area (Å²) in [5.74, 6) is 0.702. The lowest BCUT2D eigenvalue weighted by molar-refractivity contribution is 0.101. The van der Waals surface area contributed by atoms with Crippen molar-refractivity contribution in [3.8, 4) is 16.2 Å². The van der Waals surface area contributed by atoms with Gasteiger partial charge in [0, 0.05) is 27.6 Å². The lowest BCUT2D eigenvalue weighted by Crippen LogP contribution is -2.18. The number of Topliss-reactive ketones (excluding diaryl/α,β-unsaturated/α-hetero) is 1. The molecule has 2 heterocycles. The van der Waals surface area contributed by atoms with Gasteiger partial charge in [-0.05, 0) is 62.3 Å². The molecule has 2 aliphatic rings. The molecular weight excluding hydrogens is 398 g/mol. The number of carbonyl (C=O) groups is 1. The molecular formula is C24H25NO4S. The van der Waals surface area contributed by atoms with E-state index >= 15 is 0 Å². The summed E-state index contributed by atoms with van der Waals surface area (Å²) in [5, 5.41) is 11.2. The van der Waals surface area contributed by atoms with Gasteiger partial charge in [0.2, 0.25) is 0 Å². The number of aryl methyl sites for hydroxylation is 1. The van der Waals surface area contributed by atoms with Gasteiger partial charge in [0.1, 0.15) is 0 Å². The van der Waals surface area contributed by atoms with E-state index in [0.717, 1.165) is 46.5 Å². The molecule has 2 atom stereocenters. The Morgan fingerprint density at radius 3 is 2.70 bits per heavy atom. The van der Waals surface area contributed by atoms with Crippen LogP contribution in [0.2, 0.25) is 0 Å². The number of nitrogens with zero attached hydrogens (tertiary/aromatic N) is 1. The Balaban J connectivity index is 1.77. The summed E-state index contributed by atoms with van der Waals surface area (Å²) in [6, 6.07) is 6.17. The van der Waals surface area contributed by atoms with Crippen LogP contribution in [0, 0.1) is 5.92 Å². The molecule has 5 rings (SSSR count).